The van der Waals surface area contributed by atoms with E-state index in [0.29, 0.717) is 10.8 Å². The highest BCUT2D eigenvalue weighted by Crippen LogP contribution is 2.28. The highest BCUT2D eigenvalue weighted by molar-refractivity contribution is 9.10. The van der Waals surface area contributed by atoms with E-state index in [2.05, 4.69) is 47.1 Å². The van der Waals surface area contributed by atoms with E-state index in [1.54, 1.807) is 6.07 Å². The van der Waals surface area contributed by atoms with Gasteiger partial charge in [0.25, 0.3) is 0 Å². The molecule has 0 saturated carbocycles. The van der Waals surface area contributed by atoms with Gasteiger partial charge in [0.05, 0.1) is 5.69 Å². The largest absolute Gasteiger partial charge is 0.339 e. The minimum Gasteiger partial charge on any atom is -0.339 e. The first-order valence-electron chi connectivity index (χ1n) is 4.35. The molecule has 1 aromatic heterocycles. The lowest BCUT2D eigenvalue weighted by Gasteiger charge is -2.07. The summed E-state index contributed by atoms with van der Waals surface area (Å²) in [7, 11) is 0. The van der Waals surface area contributed by atoms with E-state index >= 15 is 0 Å². The van der Waals surface area contributed by atoms with Crippen LogP contribution in [0.4, 0.5) is 11.5 Å². The molecule has 16 heavy (non-hydrogen) atoms. The summed E-state index contributed by atoms with van der Waals surface area (Å²) in [4.78, 5) is 8.04. The molecule has 0 amide bonds. The molecule has 0 aliphatic carbocycles. The number of anilines is 2. The van der Waals surface area contributed by atoms with Crippen LogP contribution in [0.3, 0.4) is 0 Å². The lowest BCUT2D eigenvalue weighted by molar-refractivity contribution is 1.14. The second kappa shape index (κ2) is 5.12. The molecule has 0 saturated heterocycles. The molecular formula is C10H6Br2ClN3. The van der Waals surface area contributed by atoms with Crippen LogP contribution in [0.2, 0.25) is 5.02 Å². The third kappa shape index (κ3) is 2.93. The van der Waals surface area contributed by atoms with Gasteiger partial charge >= 0.3 is 0 Å². The van der Waals surface area contributed by atoms with Crippen LogP contribution in [0, 0.1) is 0 Å². The van der Waals surface area contributed by atoms with Crippen molar-refractivity contribution in [1.29, 1.82) is 0 Å². The molecule has 6 heteroatoms. The van der Waals surface area contributed by atoms with E-state index in [1.807, 2.05) is 18.2 Å². The minimum absolute atomic E-state index is 0.682. The number of nitrogens with one attached hydrogen (secondary N) is 1. The fourth-order valence-electron chi connectivity index (χ4n) is 1.13. The zero-order valence-electron chi connectivity index (χ0n) is 7.92. The maximum Gasteiger partial charge on any atom is 0.134 e. The van der Waals surface area contributed by atoms with Crippen LogP contribution in [-0.2, 0) is 0 Å². The summed E-state index contributed by atoms with van der Waals surface area (Å²) >= 11 is 12.6. The van der Waals surface area contributed by atoms with E-state index in [4.69, 9.17) is 11.6 Å². The van der Waals surface area contributed by atoms with Gasteiger partial charge < -0.3 is 5.32 Å². The molecule has 3 nitrogen and oxygen atoms in total. The van der Waals surface area contributed by atoms with Crippen molar-refractivity contribution in [2.24, 2.45) is 0 Å². The molecule has 0 fully saturated rings. The first kappa shape index (κ1) is 11.8. The van der Waals surface area contributed by atoms with Gasteiger partial charge in [-0.3, -0.25) is 0 Å². The second-order valence-electron chi connectivity index (χ2n) is 2.98. The van der Waals surface area contributed by atoms with Crippen LogP contribution >= 0.6 is 43.5 Å². The summed E-state index contributed by atoms with van der Waals surface area (Å²) in [6.45, 7) is 0. The Bertz CT molecular complexity index is 519. The molecule has 0 aliphatic rings. The Labute approximate surface area is 115 Å². The summed E-state index contributed by atoms with van der Waals surface area (Å²) in [5.74, 6) is 0.713. The first-order valence-corrected chi connectivity index (χ1v) is 6.31. The number of rotatable bonds is 2. The Kier molecular flexibility index (Phi) is 3.78. The quantitative estimate of drug-likeness (QED) is 0.804. The first-order chi connectivity index (χ1) is 7.65. The molecule has 2 aromatic rings. The van der Waals surface area contributed by atoms with Crippen LogP contribution in [-0.4, -0.2) is 9.97 Å². The molecule has 2 rings (SSSR count). The van der Waals surface area contributed by atoms with Crippen molar-refractivity contribution in [1.82, 2.24) is 9.97 Å². The van der Waals surface area contributed by atoms with Crippen LogP contribution in [0.5, 0.6) is 0 Å². The zero-order valence-corrected chi connectivity index (χ0v) is 11.8. The van der Waals surface area contributed by atoms with Crippen molar-refractivity contribution in [3.63, 3.8) is 0 Å². The highest BCUT2D eigenvalue weighted by Gasteiger charge is 2.02. The number of aromatic nitrogens is 2. The van der Waals surface area contributed by atoms with E-state index in [1.165, 1.54) is 6.33 Å². The molecular weight excluding hydrogens is 357 g/mol. The number of benzene rings is 1. The predicted molar refractivity (Wildman–Crippen MR) is 72.2 cm³/mol. The van der Waals surface area contributed by atoms with Gasteiger partial charge in [0.2, 0.25) is 0 Å². The highest BCUT2D eigenvalue weighted by atomic mass is 79.9. The van der Waals surface area contributed by atoms with Crippen molar-refractivity contribution >= 4 is 55.0 Å². The van der Waals surface area contributed by atoms with Crippen LogP contribution in [0.1, 0.15) is 0 Å². The Morgan fingerprint density at radius 3 is 2.62 bits per heavy atom. The second-order valence-corrected chi connectivity index (χ2v) is 5.08. The van der Waals surface area contributed by atoms with Crippen molar-refractivity contribution < 1.29 is 0 Å². The van der Waals surface area contributed by atoms with Gasteiger partial charge in [-0.15, -0.1) is 0 Å². The van der Waals surface area contributed by atoms with Gasteiger partial charge in [0, 0.05) is 15.6 Å². The maximum atomic E-state index is 5.85. The van der Waals surface area contributed by atoms with E-state index < -0.39 is 0 Å². The van der Waals surface area contributed by atoms with Crippen LogP contribution in [0.15, 0.2) is 39.7 Å². The van der Waals surface area contributed by atoms with E-state index in [9.17, 15) is 0 Å². The fourth-order valence-corrected chi connectivity index (χ4v) is 2.22. The third-order valence-electron chi connectivity index (χ3n) is 1.83. The van der Waals surface area contributed by atoms with Crippen LogP contribution in [0.25, 0.3) is 0 Å². The Morgan fingerprint density at radius 2 is 1.94 bits per heavy atom. The van der Waals surface area contributed by atoms with E-state index in [0.717, 1.165) is 14.8 Å². The maximum absolute atomic E-state index is 5.85. The summed E-state index contributed by atoms with van der Waals surface area (Å²) in [5, 5.41) is 3.84. The third-order valence-corrected chi connectivity index (χ3v) is 3.15. The normalized spacial score (nSPS) is 10.2. The Balaban J connectivity index is 2.27. The molecule has 1 heterocycles. The summed E-state index contributed by atoms with van der Waals surface area (Å²) in [5.41, 5.74) is 0.898. The minimum atomic E-state index is 0.682. The van der Waals surface area contributed by atoms with Crippen molar-refractivity contribution in [2.45, 2.75) is 0 Å². The van der Waals surface area contributed by atoms with Gasteiger partial charge in [0.15, 0.2) is 0 Å². The number of hydrogen-bond acceptors (Lipinski definition) is 3. The molecule has 0 unspecified atom stereocenters. The summed E-state index contributed by atoms with van der Waals surface area (Å²) < 4.78 is 1.62. The topological polar surface area (TPSA) is 37.8 Å². The van der Waals surface area contributed by atoms with E-state index in [-0.39, 0.29) is 0 Å². The molecule has 0 spiro atoms. The molecule has 1 aromatic carbocycles. The molecule has 0 radical (unpaired) electrons. The lowest BCUT2D eigenvalue weighted by atomic mass is 10.3. The molecule has 0 bridgehead atoms. The zero-order chi connectivity index (χ0) is 11.5. The van der Waals surface area contributed by atoms with Gasteiger partial charge in [-0.2, -0.15) is 0 Å². The summed E-state index contributed by atoms with van der Waals surface area (Å²) in [6, 6.07) is 7.30. The smallest absolute Gasteiger partial charge is 0.134 e. The van der Waals surface area contributed by atoms with Gasteiger partial charge in [-0.25, -0.2) is 9.97 Å². The van der Waals surface area contributed by atoms with Crippen molar-refractivity contribution in [2.75, 3.05) is 5.32 Å². The number of halogens is 3. The average molecular weight is 363 g/mol. The Hall–Kier alpha value is -0.650. The lowest BCUT2D eigenvalue weighted by Crippen LogP contribution is -1.94. The summed E-state index contributed by atoms with van der Waals surface area (Å²) in [6.07, 6.45) is 1.48. The van der Waals surface area contributed by atoms with Gasteiger partial charge in [-0.05, 0) is 50.1 Å². The molecule has 0 aliphatic heterocycles. The monoisotopic (exact) mass is 361 g/mol. The average Bonchev–Trinajstić information content (AvgIpc) is 2.22. The SMILES string of the molecule is Clc1ccc(Nc2cc(Br)ncn2)c(Br)c1. The van der Waals surface area contributed by atoms with Gasteiger partial charge in [0.1, 0.15) is 16.7 Å². The molecule has 1 N–H and O–H groups in total. The van der Waals surface area contributed by atoms with Crippen LogP contribution < -0.4 is 5.32 Å². The van der Waals surface area contributed by atoms with Gasteiger partial charge in [-0.1, -0.05) is 11.6 Å². The van der Waals surface area contributed by atoms with Crippen molar-refractivity contribution in [3.05, 3.63) is 44.7 Å². The molecule has 0 atom stereocenters. The number of nitrogens with zero attached hydrogens (tertiary/aromatic N) is 2. The standard InChI is InChI=1S/C10H6Br2ClN3/c11-7-3-6(13)1-2-8(7)16-10-4-9(12)14-5-15-10/h1-5H,(H,14,15,16). The molecule has 82 valence electrons. The Morgan fingerprint density at radius 1 is 1.12 bits per heavy atom. The number of hydrogen-bond donors (Lipinski definition) is 1. The fraction of sp³-hybridized carbons (Fsp3) is 0. The van der Waals surface area contributed by atoms with Crippen molar-refractivity contribution in [3.8, 4) is 0 Å². The predicted octanol–water partition coefficient (Wildman–Crippen LogP) is 4.40.